The smallest absolute Gasteiger partial charge is 0.0701 e. The standard InChI is InChI=1S/C12H15N.C11H13NO/c1-3-10-8-13(2)9-11-6-4-5-7-12(10)11;1-12-6-9-4-2-3-5-11(9)10(7-12)8-13/h4-8H,3,9H2,1-2H3;2-5,7,13H,6,8H2,1H3. The maximum absolute atomic E-state index is 9.16. The van der Waals surface area contributed by atoms with Crippen LogP contribution in [0.3, 0.4) is 0 Å². The lowest BCUT2D eigenvalue weighted by molar-refractivity contribution is 0.343. The summed E-state index contributed by atoms with van der Waals surface area (Å²) >= 11 is 0. The fraction of sp³-hybridized carbons (Fsp3) is 0.304. The van der Waals surface area contributed by atoms with Crippen LogP contribution in [0, 0.1) is 0 Å². The van der Waals surface area contributed by atoms with Gasteiger partial charge >= 0.3 is 0 Å². The molecule has 0 unspecified atom stereocenters. The average molecular weight is 348 g/mol. The molecule has 4 rings (SSSR count). The zero-order valence-corrected chi connectivity index (χ0v) is 15.9. The van der Waals surface area contributed by atoms with Crippen LogP contribution in [0.4, 0.5) is 0 Å². The Morgan fingerprint density at radius 2 is 1.23 bits per heavy atom. The second kappa shape index (κ2) is 8.24. The van der Waals surface area contributed by atoms with Gasteiger partial charge in [-0.3, -0.25) is 0 Å². The van der Waals surface area contributed by atoms with Gasteiger partial charge in [0.2, 0.25) is 0 Å². The Bertz CT molecular complexity index is 753. The van der Waals surface area contributed by atoms with Gasteiger partial charge in [0, 0.05) is 45.2 Å². The van der Waals surface area contributed by atoms with E-state index >= 15 is 0 Å². The Balaban J connectivity index is 0.000000151. The molecule has 0 amide bonds. The predicted molar refractivity (Wildman–Crippen MR) is 109 cm³/mol. The first-order chi connectivity index (χ1) is 12.6. The molecule has 2 aromatic carbocycles. The van der Waals surface area contributed by atoms with Crippen molar-refractivity contribution >= 4 is 11.1 Å². The Morgan fingerprint density at radius 1 is 0.769 bits per heavy atom. The number of nitrogens with zero attached hydrogens (tertiary/aromatic N) is 2. The fourth-order valence-corrected chi connectivity index (χ4v) is 3.65. The molecule has 0 aromatic heterocycles. The number of aliphatic hydroxyl groups excluding tert-OH is 1. The van der Waals surface area contributed by atoms with Crippen molar-refractivity contribution in [2.45, 2.75) is 26.4 Å². The molecule has 2 aromatic rings. The number of hydrogen-bond donors (Lipinski definition) is 1. The zero-order chi connectivity index (χ0) is 18.5. The van der Waals surface area contributed by atoms with Crippen LogP contribution in [0.2, 0.25) is 0 Å². The number of hydrogen-bond acceptors (Lipinski definition) is 3. The van der Waals surface area contributed by atoms with Gasteiger partial charge in [-0.05, 0) is 34.2 Å². The summed E-state index contributed by atoms with van der Waals surface area (Å²) in [5.41, 5.74) is 7.81. The van der Waals surface area contributed by atoms with E-state index in [2.05, 4.69) is 66.4 Å². The number of benzene rings is 2. The summed E-state index contributed by atoms with van der Waals surface area (Å²) in [6.07, 6.45) is 5.37. The molecule has 0 fully saturated rings. The molecule has 1 N–H and O–H groups in total. The minimum absolute atomic E-state index is 0.112. The Kier molecular flexibility index (Phi) is 5.79. The van der Waals surface area contributed by atoms with E-state index in [1.54, 1.807) is 0 Å². The molecule has 3 heteroatoms. The van der Waals surface area contributed by atoms with Crippen LogP contribution in [-0.2, 0) is 13.1 Å². The highest BCUT2D eigenvalue weighted by Crippen LogP contribution is 2.27. The summed E-state index contributed by atoms with van der Waals surface area (Å²) in [5.74, 6) is 0. The molecular formula is C23H28N2O. The Hall–Kier alpha value is -2.52. The van der Waals surface area contributed by atoms with Crippen molar-refractivity contribution in [1.29, 1.82) is 0 Å². The summed E-state index contributed by atoms with van der Waals surface area (Å²) in [4.78, 5) is 4.34. The lowest BCUT2D eigenvalue weighted by Gasteiger charge is -2.25. The molecule has 2 aliphatic heterocycles. The first kappa shape index (κ1) is 18.3. The van der Waals surface area contributed by atoms with Crippen molar-refractivity contribution in [2.75, 3.05) is 20.7 Å². The van der Waals surface area contributed by atoms with Crippen molar-refractivity contribution in [2.24, 2.45) is 0 Å². The molecule has 0 spiro atoms. The van der Waals surface area contributed by atoms with Gasteiger partial charge in [0.1, 0.15) is 0 Å². The van der Waals surface area contributed by atoms with Crippen molar-refractivity contribution in [3.63, 3.8) is 0 Å². The van der Waals surface area contributed by atoms with Crippen LogP contribution in [0.15, 0.2) is 60.9 Å². The molecule has 136 valence electrons. The predicted octanol–water partition coefficient (Wildman–Crippen LogP) is 4.35. The summed E-state index contributed by atoms with van der Waals surface area (Å²) in [6.45, 7) is 4.29. The van der Waals surface area contributed by atoms with Gasteiger partial charge in [0.25, 0.3) is 0 Å². The quantitative estimate of drug-likeness (QED) is 0.874. The van der Waals surface area contributed by atoms with Gasteiger partial charge in [-0.2, -0.15) is 0 Å². The third-order valence-corrected chi connectivity index (χ3v) is 4.87. The molecule has 2 aliphatic rings. The molecule has 0 aliphatic carbocycles. The molecule has 0 bridgehead atoms. The van der Waals surface area contributed by atoms with Crippen LogP contribution in [0.5, 0.6) is 0 Å². The minimum atomic E-state index is 0.112. The maximum atomic E-state index is 9.16. The first-order valence-electron chi connectivity index (χ1n) is 9.21. The fourth-order valence-electron chi connectivity index (χ4n) is 3.65. The number of fused-ring (bicyclic) bond motifs is 2. The Morgan fingerprint density at radius 3 is 1.73 bits per heavy atom. The third kappa shape index (κ3) is 4.00. The van der Waals surface area contributed by atoms with Crippen molar-refractivity contribution in [1.82, 2.24) is 9.80 Å². The van der Waals surface area contributed by atoms with Crippen LogP contribution >= 0.6 is 0 Å². The second-order valence-electron chi connectivity index (χ2n) is 6.96. The second-order valence-corrected chi connectivity index (χ2v) is 6.96. The maximum Gasteiger partial charge on any atom is 0.0701 e. The highest BCUT2D eigenvalue weighted by molar-refractivity contribution is 5.70. The summed E-state index contributed by atoms with van der Waals surface area (Å²) < 4.78 is 0. The molecule has 0 saturated carbocycles. The van der Waals surface area contributed by atoms with Gasteiger partial charge in [-0.1, -0.05) is 55.5 Å². The van der Waals surface area contributed by atoms with Gasteiger partial charge < -0.3 is 14.9 Å². The van der Waals surface area contributed by atoms with E-state index < -0.39 is 0 Å². The van der Waals surface area contributed by atoms with Crippen molar-refractivity contribution < 1.29 is 5.11 Å². The van der Waals surface area contributed by atoms with E-state index in [1.807, 2.05) is 25.4 Å². The lowest BCUT2D eigenvalue weighted by atomic mass is 9.96. The first-order valence-corrected chi connectivity index (χ1v) is 9.21. The summed E-state index contributed by atoms with van der Waals surface area (Å²) in [6, 6.07) is 16.9. The third-order valence-electron chi connectivity index (χ3n) is 4.87. The molecule has 2 heterocycles. The summed E-state index contributed by atoms with van der Waals surface area (Å²) in [5, 5.41) is 9.16. The number of allylic oxidation sites excluding steroid dienone is 1. The van der Waals surface area contributed by atoms with E-state index in [9.17, 15) is 0 Å². The highest BCUT2D eigenvalue weighted by atomic mass is 16.3. The van der Waals surface area contributed by atoms with Crippen LogP contribution in [-0.4, -0.2) is 35.6 Å². The summed E-state index contributed by atoms with van der Waals surface area (Å²) in [7, 11) is 4.15. The van der Waals surface area contributed by atoms with Crippen LogP contribution in [0.1, 0.15) is 35.6 Å². The van der Waals surface area contributed by atoms with E-state index in [4.69, 9.17) is 5.11 Å². The lowest BCUT2D eigenvalue weighted by Crippen LogP contribution is -2.17. The van der Waals surface area contributed by atoms with Crippen molar-refractivity contribution in [3.8, 4) is 0 Å². The normalized spacial score (nSPS) is 15.2. The molecule has 26 heavy (non-hydrogen) atoms. The van der Waals surface area contributed by atoms with E-state index in [0.717, 1.165) is 25.1 Å². The SMILES string of the molecule is CCC1=CN(C)Cc2ccccc21.CN1C=C(CO)c2ccccc2C1. The van der Waals surface area contributed by atoms with Gasteiger partial charge in [-0.25, -0.2) is 0 Å². The van der Waals surface area contributed by atoms with Crippen LogP contribution < -0.4 is 0 Å². The number of rotatable bonds is 2. The largest absolute Gasteiger partial charge is 0.392 e. The molecule has 3 nitrogen and oxygen atoms in total. The van der Waals surface area contributed by atoms with E-state index in [1.165, 1.54) is 27.8 Å². The highest BCUT2D eigenvalue weighted by Gasteiger charge is 2.13. The zero-order valence-electron chi connectivity index (χ0n) is 15.9. The van der Waals surface area contributed by atoms with Crippen molar-refractivity contribution in [3.05, 3.63) is 83.2 Å². The molecule has 0 radical (unpaired) electrons. The van der Waals surface area contributed by atoms with Crippen LogP contribution in [0.25, 0.3) is 11.1 Å². The average Bonchev–Trinajstić information content (AvgIpc) is 2.67. The van der Waals surface area contributed by atoms with Gasteiger partial charge in [0.15, 0.2) is 0 Å². The van der Waals surface area contributed by atoms with E-state index in [0.29, 0.717) is 0 Å². The monoisotopic (exact) mass is 348 g/mol. The Labute approximate surface area is 156 Å². The molecule has 0 atom stereocenters. The van der Waals surface area contributed by atoms with Gasteiger partial charge in [-0.15, -0.1) is 0 Å². The van der Waals surface area contributed by atoms with E-state index in [-0.39, 0.29) is 6.61 Å². The molecular weight excluding hydrogens is 320 g/mol. The molecule has 0 saturated heterocycles. The minimum Gasteiger partial charge on any atom is -0.392 e. The topological polar surface area (TPSA) is 26.7 Å². The number of aliphatic hydroxyl groups is 1. The van der Waals surface area contributed by atoms with Gasteiger partial charge in [0.05, 0.1) is 6.61 Å².